The Labute approximate surface area is 188 Å². The number of aliphatic hydroxyl groups is 1. The fourth-order valence-corrected chi connectivity index (χ4v) is 4.68. The lowest BCUT2D eigenvalue weighted by Gasteiger charge is -2.36. The number of urea groups is 1. The van der Waals surface area contributed by atoms with Crippen molar-refractivity contribution in [1.29, 1.82) is 0 Å². The van der Waals surface area contributed by atoms with Crippen LogP contribution in [0.3, 0.4) is 0 Å². The number of ether oxygens (including phenoxy) is 3. The van der Waals surface area contributed by atoms with Gasteiger partial charge < -0.3 is 35.3 Å². The van der Waals surface area contributed by atoms with Gasteiger partial charge in [-0.1, -0.05) is 19.3 Å². The Morgan fingerprint density at radius 2 is 1.84 bits per heavy atom. The van der Waals surface area contributed by atoms with Crippen molar-refractivity contribution in [2.45, 2.75) is 69.6 Å². The maximum absolute atomic E-state index is 12.4. The van der Waals surface area contributed by atoms with Gasteiger partial charge in [0.05, 0.1) is 18.8 Å². The number of carbonyl (C=O) groups excluding carboxylic acids is 2. The van der Waals surface area contributed by atoms with Gasteiger partial charge in [-0.25, -0.2) is 4.79 Å². The summed E-state index contributed by atoms with van der Waals surface area (Å²) in [5.41, 5.74) is 0.593. The van der Waals surface area contributed by atoms with E-state index in [1.807, 2.05) is 0 Å². The summed E-state index contributed by atoms with van der Waals surface area (Å²) in [5.74, 6) is 1.55. The summed E-state index contributed by atoms with van der Waals surface area (Å²) in [6.45, 7) is 0.564. The van der Waals surface area contributed by atoms with E-state index in [1.54, 1.807) is 18.2 Å². The topological polar surface area (TPSA) is 118 Å². The Bertz CT molecular complexity index is 798. The van der Waals surface area contributed by atoms with Crippen LogP contribution < -0.4 is 25.4 Å². The summed E-state index contributed by atoms with van der Waals surface area (Å²) < 4.78 is 16.6. The Balaban J connectivity index is 1.19. The van der Waals surface area contributed by atoms with E-state index in [2.05, 4.69) is 16.0 Å². The maximum Gasteiger partial charge on any atom is 0.319 e. The molecule has 2 aliphatic heterocycles. The zero-order valence-corrected chi connectivity index (χ0v) is 18.3. The lowest BCUT2D eigenvalue weighted by Crippen LogP contribution is -2.52. The third-order valence-corrected chi connectivity index (χ3v) is 6.48. The number of hydrogen-bond donors (Lipinski definition) is 4. The molecule has 3 aliphatic rings. The molecule has 1 aromatic carbocycles. The number of aliphatic hydroxyl groups excluding tert-OH is 1. The summed E-state index contributed by atoms with van der Waals surface area (Å²) in [4.78, 5) is 24.7. The van der Waals surface area contributed by atoms with Gasteiger partial charge in [-0.15, -0.1) is 0 Å². The van der Waals surface area contributed by atoms with Crippen LogP contribution in [-0.2, 0) is 9.53 Å². The number of carbonyl (C=O) groups is 2. The minimum atomic E-state index is -0.481. The molecule has 1 saturated heterocycles. The predicted molar refractivity (Wildman–Crippen MR) is 118 cm³/mol. The van der Waals surface area contributed by atoms with E-state index < -0.39 is 6.10 Å². The average molecular weight is 448 g/mol. The van der Waals surface area contributed by atoms with Gasteiger partial charge in [0, 0.05) is 24.2 Å². The molecule has 3 atom stereocenters. The number of amides is 3. The molecule has 0 radical (unpaired) electrons. The van der Waals surface area contributed by atoms with Crippen LogP contribution in [0.1, 0.15) is 51.4 Å². The van der Waals surface area contributed by atoms with E-state index in [-0.39, 0.29) is 43.4 Å². The van der Waals surface area contributed by atoms with Crippen molar-refractivity contribution in [3.05, 3.63) is 18.2 Å². The van der Waals surface area contributed by atoms with E-state index >= 15 is 0 Å². The first-order chi connectivity index (χ1) is 15.6. The lowest BCUT2D eigenvalue weighted by atomic mass is 9.88. The molecule has 1 aromatic rings. The predicted octanol–water partition coefficient (Wildman–Crippen LogP) is 2.53. The monoisotopic (exact) mass is 447 g/mol. The fraction of sp³-hybridized carbons (Fsp3) is 0.652. The highest BCUT2D eigenvalue weighted by Crippen LogP contribution is 2.34. The molecule has 0 bridgehead atoms. The molecule has 0 spiro atoms. The average Bonchev–Trinajstić information content (AvgIpc) is 3.28. The largest absolute Gasteiger partial charge is 0.454 e. The zero-order chi connectivity index (χ0) is 22.3. The van der Waals surface area contributed by atoms with Gasteiger partial charge in [0.15, 0.2) is 11.5 Å². The number of anilines is 1. The molecule has 9 heteroatoms. The van der Waals surface area contributed by atoms with E-state index in [0.29, 0.717) is 36.6 Å². The molecule has 0 unspecified atom stereocenters. The first-order valence-electron chi connectivity index (χ1n) is 11.6. The van der Waals surface area contributed by atoms with Crippen LogP contribution in [0.25, 0.3) is 0 Å². The molecule has 4 N–H and O–H groups in total. The van der Waals surface area contributed by atoms with Crippen LogP contribution in [0.4, 0.5) is 10.5 Å². The van der Waals surface area contributed by atoms with Gasteiger partial charge in [-0.2, -0.15) is 0 Å². The minimum Gasteiger partial charge on any atom is -0.454 e. The van der Waals surface area contributed by atoms with Gasteiger partial charge >= 0.3 is 6.03 Å². The first-order valence-corrected chi connectivity index (χ1v) is 11.6. The molecule has 2 heterocycles. The summed E-state index contributed by atoms with van der Waals surface area (Å²) in [6.07, 6.45) is 7.10. The van der Waals surface area contributed by atoms with Crippen LogP contribution in [0.2, 0.25) is 0 Å². The van der Waals surface area contributed by atoms with Crippen LogP contribution in [0, 0.1) is 5.92 Å². The molecule has 1 saturated carbocycles. The zero-order valence-electron chi connectivity index (χ0n) is 18.3. The van der Waals surface area contributed by atoms with Crippen molar-refractivity contribution in [1.82, 2.24) is 10.6 Å². The van der Waals surface area contributed by atoms with Crippen molar-refractivity contribution in [3.63, 3.8) is 0 Å². The summed E-state index contributed by atoms with van der Waals surface area (Å²) in [5, 5.41) is 18.5. The molecule has 32 heavy (non-hydrogen) atoms. The summed E-state index contributed by atoms with van der Waals surface area (Å²) in [7, 11) is 0. The Morgan fingerprint density at radius 3 is 2.66 bits per heavy atom. The third-order valence-electron chi connectivity index (χ3n) is 6.48. The fourth-order valence-electron chi connectivity index (χ4n) is 4.68. The van der Waals surface area contributed by atoms with Gasteiger partial charge in [0.2, 0.25) is 12.7 Å². The van der Waals surface area contributed by atoms with Crippen LogP contribution in [-0.4, -0.2) is 55.2 Å². The normalized spacial score (nSPS) is 25.2. The Hall–Kier alpha value is -2.52. The van der Waals surface area contributed by atoms with Crippen LogP contribution in [0.15, 0.2) is 18.2 Å². The molecule has 4 rings (SSSR count). The number of hydrogen-bond acceptors (Lipinski definition) is 6. The molecule has 2 fully saturated rings. The van der Waals surface area contributed by atoms with Crippen LogP contribution >= 0.6 is 0 Å². The number of rotatable bonds is 7. The van der Waals surface area contributed by atoms with Crippen molar-refractivity contribution >= 4 is 17.6 Å². The Kier molecular flexibility index (Phi) is 7.70. The van der Waals surface area contributed by atoms with Gasteiger partial charge in [0.1, 0.15) is 6.10 Å². The molecular weight excluding hydrogens is 414 g/mol. The van der Waals surface area contributed by atoms with E-state index in [0.717, 1.165) is 32.1 Å². The van der Waals surface area contributed by atoms with Crippen LogP contribution in [0.5, 0.6) is 11.5 Å². The lowest BCUT2D eigenvalue weighted by molar-refractivity contribution is -0.126. The van der Waals surface area contributed by atoms with Crippen molar-refractivity contribution in [2.75, 3.05) is 25.3 Å². The second-order valence-corrected chi connectivity index (χ2v) is 8.74. The van der Waals surface area contributed by atoms with E-state index in [1.165, 1.54) is 6.42 Å². The second-order valence-electron chi connectivity index (χ2n) is 8.74. The number of nitrogens with one attached hydrogen (secondary N) is 3. The minimum absolute atomic E-state index is 0.0474. The number of benzene rings is 1. The van der Waals surface area contributed by atoms with Crippen molar-refractivity contribution < 1.29 is 28.9 Å². The molecule has 0 aromatic heterocycles. The van der Waals surface area contributed by atoms with Gasteiger partial charge in [0.25, 0.3) is 0 Å². The van der Waals surface area contributed by atoms with Gasteiger partial charge in [-0.05, 0) is 44.2 Å². The standard InChI is InChI=1S/C23H33N3O6/c27-13-21-18(26-23(29)25-16-6-9-19-20(12-16)31-14-30-19)8-7-17(32-21)10-11-24-22(28)15-4-2-1-3-5-15/h6,9,12,15,17-18,21,27H,1-5,7-8,10-11,13-14H2,(H,24,28)(H2,25,26,29)/t17-,18-,21-/m0/s1. The molecule has 176 valence electrons. The number of fused-ring (bicyclic) bond motifs is 1. The van der Waals surface area contributed by atoms with E-state index in [9.17, 15) is 14.7 Å². The molecular formula is C23H33N3O6. The maximum atomic E-state index is 12.4. The summed E-state index contributed by atoms with van der Waals surface area (Å²) in [6, 6.07) is 4.54. The molecule has 1 aliphatic carbocycles. The molecule has 3 amide bonds. The van der Waals surface area contributed by atoms with E-state index in [4.69, 9.17) is 14.2 Å². The smallest absolute Gasteiger partial charge is 0.319 e. The summed E-state index contributed by atoms with van der Waals surface area (Å²) >= 11 is 0. The highest BCUT2D eigenvalue weighted by Gasteiger charge is 2.32. The van der Waals surface area contributed by atoms with Crippen molar-refractivity contribution in [2.24, 2.45) is 5.92 Å². The SMILES string of the molecule is O=C(Nc1ccc2c(c1)OCO2)N[C@H]1CC[C@@H](CCNC(=O)C2CCCCC2)O[C@H]1CO. The highest BCUT2D eigenvalue weighted by atomic mass is 16.7. The first kappa shape index (κ1) is 22.7. The van der Waals surface area contributed by atoms with Crippen molar-refractivity contribution in [3.8, 4) is 11.5 Å². The quantitative estimate of drug-likeness (QED) is 0.510. The molecule has 9 nitrogen and oxygen atoms in total. The van der Waals surface area contributed by atoms with Gasteiger partial charge in [-0.3, -0.25) is 4.79 Å². The Morgan fingerprint density at radius 1 is 1.03 bits per heavy atom. The second kappa shape index (κ2) is 10.9. The highest BCUT2D eigenvalue weighted by molar-refractivity contribution is 5.90. The third kappa shape index (κ3) is 5.83.